The van der Waals surface area contributed by atoms with Gasteiger partial charge >= 0.3 is 36.0 Å². The molecule has 0 saturated heterocycles. The van der Waals surface area contributed by atoms with Crippen LogP contribution in [0.15, 0.2) is 12.3 Å². The van der Waals surface area contributed by atoms with Gasteiger partial charge < -0.3 is 9.47 Å². The van der Waals surface area contributed by atoms with Crippen molar-refractivity contribution in [3.05, 3.63) is 12.3 Å². The van der Waals surface area contributed by atoms with Crippen molar-refractivity contribution in [2.24, 2.45) is 0 Å². The van der Waals surface area contributed by atoms with Crippen LogP contribution in [0.5, 0.6) is 0 Å². The summed E-state index contributed by atoms with van der Waals surface area (Å²) in [5.41, 5.74) is 0. The molecule has 0 aromatic rings. The average molecular weight is 372 g/mol. The Morgan fingerprint density at radius 3 is 1.83 bits per heavy atom. The standard InChI is InChI=1S/C9H4F12O2/c10-3(6(14,15)16)1-5(12,13)7(17,18)8(19,20)9(21)22-2-4(11)23-9/h2-3H,1H2. The molecule has 1 aliphatic rings. The molecule has 1 heterocycles. The minimum absolute atomic E-state index is 0.601. The van der Waals surface area contributed by atoms with Crippen molar-refractivity contribution < 1.29 is 62.2 Å². The van der Waals surface area contributed by atoms with Crippen LogP contribution >= 0.6 is 0 Å². The molecule has 2 atom stereocenters. The highest BCUT2D eigenvalue weighted by Gasteiger charge is 2.84. The average Bonchev–Trinajstić information content (AvgIpc) is 2.68. The summed E-state index contributed by atoms with van der Waals surface area (Å²) in [6.07, 6.45) is -14.7. The van der Waals surface area contributed by atoms with Crippen molar-refractivity contribution in [1.29, 1.82) is 0 Å². The van der Waals surface area contributed by atoms with Crippen LogP contribution < -0.4 is 0 Å². The molecule has 136 valence electrons. The second-order valence-electron chi connectivity index (χ2n) is 4.24. The van der Waals surface area contributed by atoms with E-state index < -0.39 is 54.9 Å². The van der Waals surface area contributed by atoms with E-state index in [1.54, 1.807) is 0 Å². The molecule has 0 radical (unpaired) electrons. The molecule has 0 spiro atoms. The van der Waals surface area contributed by atoms with Gasteiger partial charge in [0.05, 0.1) is 6.42 Å². The minimum Gasteiger partial charge on any atom is -0.423 e. The van der Waals surface area contributed by atoms with Gasteiger partial charge in [-0.3, -0.25) is 0 Å². The van der Waals surface area contributed by atoms with Crippen molar-refractivity contribution in [1.82, 2.24) is 0 Å². The number of rotatable bonds is 5. The molecule has 23 heavy (non-hydrogen) atoms. The van der Waals surface area contributed by atoms with Gasteiger partial charge in [0.1, 0.15) is 0 Å². The van der Waals surface area contributed by atoms with Crippen LogP contribution in [0.1, 0.15) is 6.42 Å². The van der Waals surface area contributed by atoms with Crippen LogP contribution in [0.2, 0.25) is 0 Å². The Hall–Kier alpha value is -1.50. The van der Waals surface area contributed by atoms with Crippen molar-refractivity contribution in [2.75, 3.05) is 0 Å². The Bertz CT molecular complexity index is 483. The summed E-state index contributed by atoms with van der Waals surface area (Å²) < 4.78 is 158. The summed E-state index contributed by atoms with van der Waals surface area (Å²) in [6, 6.07) is -7.79. The molecule has 0 aromatic heterocycles. The third kappa shape index (κ3) is 3.11. The summed E-state index contributed by atoms with van der Waals surface area (Å²) in [6.45, 7) is 0. The normalized spacial score (nSPS) is 24.8. The van der Waals surface area contributed by atoms with Crippen LogP contribution in [0.3, 0.4) is 0 Å². The molecule has 2 unspecified atom stereocenters. The van der Waals surface area contributed by atoms with Gasteiger partial charge in [-0.25, -0.2) is 4.39 Å². The molecule has 0 bridgehead atoms. The Kier molecular flexibility index (Phi) is 4.47. The van der Waals surface area contributed by atoms with E-state index in [1.807, 2.05) is 0 Å². The van der Waals surface area contributed by atoms with Crippen molar-refractivity contribution in [2.45, 2.75) is 42.6 Å². The van der Waals surface area contributed by atoms with E-state index in [0.717, 1.165) is 0 Å². The van der Waals surface area contributed by atoms with Gasteiger partial charge in [0.2, 0.25) is 6.17 Å². The fourth-order valence-electron chi connectivity index (χ4n) is 1.32. The summed E-state index contributed by atoms with van der Waals surface area (Å²) >= 11 is 0. The highest BCUT2D eigenvalue weighted by molar-refractivity contribution is 5.05. The van der Waals surface area contributed by atoms with Crippen molar-refractivity contribution >= 4 is 0 Å². The van der Waals surface area contributed by atoms with Gasteiger partial charge in [0, 0.05) is 0 Å². The predicted molar refractivity (Wildman–Crippen MR) is 45.6 cm³/mol. The molecule has 1 aliphatic heterocycles. The number of hydrogen-bond donors (Lipinski definition) is 0. The molecule has 14 heteroatoms. The van der Waals surface area contributed by atoms with E-state index in [2.05, 4.69) is 9.47 Å². The fraction of sp³-hybridized carbons (Fsp3) is 0.778. The minimum atomic E-state index is -6.93. The lowest BCUT2D eigenvalue weighted by Crippen LogP contribution is -2.64. The predicted octanol–water partition coefficient (Wildman–Crippen LogP) is 4.62. The van der Waals surface area contributed by atoms with Crippen LogP contribution in [0.4, 0.5) is 52.7 Å². The lowest BCUT2D eigenvalue weighted by Gasteiger charge is -2.36. The van der Waals surface area contributed by atoms with Crippen molar-refractivity contribution in [3.63, 3.8) is 0 Å². The highest BCUT2D eigenvalue weighted by atomic mass is 19.4. The molecular weight excluding hydrogens is 368 g/mol. The third-order valence-electron chi connectivity index (χ3n) is 2.55. The Morgan fingerprint density at radius 1 is 1.00 bits per heavy atom. The molecule has 0 aliphatic carbocycles. The van der Waals surface area contributed by atoms with E-state index in [4.69, 9.17) is 0 Å². The lowest BCUT2D eigenvalue weighted by molar-refractivity contribution is -0.436. The van der Waals surface area contributed by atoms with Crippen LogP contribution in [-0.2, 0) is 9.47 Å². The molecular formula is C9H4F12O2. The van der Waals surface area contributed by atoms with E-state index in [-0.39, 0.29) is 0 Å². The first-order valence-electron chi connectivity index (χ1n) is 5.23. The maximum Gasteiger partial charge on any atom is 0.483 e. The maximum absolute atomic E-state index is 13.3. The second kappa shape index (κ2) is 5.26. The zero-order valence-corrected chi connectivity index (χ0v) is 10.2. The Morgan fingerprint density at radius 2 is 1.48 bits per heavy atom. The quantitative estimate of drug-likeness (QED) is 0.656. The third-order valence-corrected chi connectivity index (χ3v) is 2.55. The maximum atomic E-state index is 13.3. The fourth-order valence-corrected chi connectivity index (χ4v) is 1.32. The molecule has 0 saturated carbocycles. The SMILES string of the molecule is FC1=COC(F)(C(F)(F)C(F)(F)C(F)(F)CC(F)C(F)(F)F)O1. The first kappa shape index (κ1) is 19.5. The van der Waals surface area contributed by atoms with Crippen LogP contribution in [-0.4, -0.2) is 36.2 Å². The van der Waals surface area contributed by atoms with E-state index >= 15 is 0 Å². The molecule has 0 fully saturated rings. The van der Waals surface area contributed by atoms with Gasteiger partial charge in [0.25, 0.3) is 0 Å². The first-order valence-corrected chi connectivity index (χ1v) is 5.23. The largest absolute Gasteiger partial charge is 0.483 e. The van der Waals surface area contributed by atoms with Crippen molar-refractivity contribution in [3.8, 4) is 0 Å². The molecule has 0 N–H and O–H groups in total. The topological polar surface area (TPSA) is 18.5 Å². The Balaban J connectivity index is 3.12. The van der Waals surface area contributed by atoms with Gasteiger partial charge in [-0.05, 0) is 0 Å². The highest BCUT2D eigenvalue weighted by Crippen LogP contribution is 2.56. The van der Waals surface area contributed by atoms with E-state index in [1.165, 1.54) is 0 Å². The summed E-state index contributed by atoms with van der Waals surface area (Å²) in [7, 11) is 0. The second-order valence-corrected chi connectivity index (χ2v) is 4.24. The number of hydrogen-bond acceptors (Lipinski definition) is 2. The number of halogens is 12. The number of alkyl halides is 11. The molecule has 2 nitrogen and oxygen atoms in total. The van der Waals surface area contributed by atoms with Gasteiger partial charge in [-0.2, -0.15) is 48.3 Å². The van der Waals surface area contributed by atoms with Crippen LogP contribution in [0, 0.1) is 0 Å². The molecule has 1 rings (SSSR count). The zero-order chi connectivity index (χ0) is 18.5. The van der Waals surface area contributed by atoms with E-state index in [9.17, 15) is 52.7 Å². The van der Waals surface area contributed by atoms with Gasteiger partial charge in [0.15, 0.2) is 6.26 Å². The van der Waals surface area contributed by atoms with Gasteiger partial charge in [-0.1, -0.05) is 0 Å². The Labute approximate surface area is 118 Å². The first-order chi connectivity index (χ1) is 9.98. The van der Waals surface area contributed by atoms with Gasteiger partial charge in [-0.15, -0.1) is 0 Å². The number of ether oxygens (including phenoxy) is 2. The van der Waals surface area contributed by atoms with E-state index in [0.29, 0.717) is 0 Å². The summed E-state index contributed by atoms with van der Waals surface area (Å²) in [5, 5.41) is 0. The molecule has 0 amide bonds. The van der Waals surface area contributed by atoms with Crippen LogP contribution in [0.25, 0.3) is 0 Å². The monoisotopic (exact) mass is 372 g/mol. The summed E-state index contributed by atoms with van der Waals surface area (Å²) in [4.78, 5) is 0. The summed E-state index contributed by atoms with van der Waals surface area (Å²) in [5.74, 6) is -20.0. The zero-order valence-electron chi connectivity index (χ0n) is 10.2. The smallest absolute Gasteiger partial charge is 0.423 e. The lowest BCUT2D eigenvalue weighted by atomic mass is 9.98. The molecule has 0 aromatic carbocycles.